The second kappa shape index (κ2) is 4.39. The van der Waals surface area contributed by atoms with E-state index in [1.807, 2.05) is 6.07 Å². The summed E-state index contributed by atoms with van der Waals surface area (Å²) in [5.41, 5.74) is 0.840. The fraction of sp³-hybridized carbons (Fsp3) is 0.0909. The van der Waals surface area contributed by atoms with Gasteiger partial charge in [-0.05, 0) is 18.2 Å². The van der Waals surface area contributed by atoms with Gasteiger partial charge in [0.1, 0.15) is 5.69 Å². The van der Waals surface area contributed by atoms with Crippen molar-refractivity contribution in [3.8, 4) is 0 Å². The lowest BCUT2D eigenvalue weighted by molar-refractivity contribution is 0.0594. The van der Waals surface area contributed by atoms with Crippen LogP contribution < -0.4 is 0 Å². The molecule has 0 spiro atoms. The zero-order valence-corrected chi connectivity index (χ0v) is 10.7. The summed E-state index contributed by atoms with van der Waals surface area (Å²) >= 11 is 9.38. The smallest absolute Gasteiger partial charge is 0.356 e. The monoisotopic (exact) mass is 299 g/mol. The second-order valence-electron chi connectivity index (χ2n) is 3.15. The molecule has 16 heavy (non-hydrogen) atoms. The van der Waals surface area contributed by atoms with Gasteiger partial charge in [-0.2, -0.15) is 0 Å². The minimum Gasteiger partial charge on any atom is -0.464 e. The predicted octanol–water partition coefficient (Wildman–Crippen LogP) is 3.44. The molecular formula is C11H7BrClNO2. The van der Waals surface area contributed by atoms with Gasteiger partial charge >= 0.3 is 5.97 Å². The zero-order valence-electron chi connectivity index (χ0n) is 8.33. The Hall–Kier alpha value is -1.13. The highest BCUT2D eigenvalue weighted by molar-refractivity contribution is 9.10. The first-order chi connectivity index (χ1) is 7.61. The molecule has 0 fully saturated rings. The first-order valence-electron chi connectivity index (χ1n) is 4.46. The second-order valence-corrected chi connectivity index (χ2v) is 4.47. The fourth-order valence-corrected chi connectivity index (χ4v) is 2.25. The molecule has 2 rings (SSSR count). The molecule has 1 aromatic heterocycles. The summed E-state index contributed by atoms with van der Waals surface area (Å²) in [7, 11) is 1.32. The molecule has 1 aromatic carbocycles. The van der Waals surface area contributed by atoms with Crippen molar-refractivity contribution in [1.82, 2.24) is 4.98 Å². The number of carbonyl (C=O) groups excluding carboxylic acids is 1. The van der Waals surface area contributed by atoms with Crippen molar-refractivity contribution < 1.29 is 9.53 Å². The van der Waals surface area contributed by atoms with Crippen molar-refractivity contribution in [2.45, 2.75) is 0 Å². The molecule has 0 N–H and O–H groups in total. The largest absolute Gasteiger partial charge is 0.464 e. The van der Waals surface area contributed by atoms with E-state index in [2.05, 4.69) is 25.7 Å². The van der Waals surface area contributed by atoms with Crippen molar-refractivity contribution in [3.05, 3.63) is 39.5 Å². The molecule has 0 radical (unpaired) electrons. The summed E-state index contributed by atoms with van der Waals surface area (Å²) in [4.78, 5) is 15.5. The number of ether oxygens (including phenoxy) is 1. The average molecular weight is 301 g/mol. The standard InChI is InChI=1S/C11H7BrClNO2/c1-16-11(15)9-3-2-6-4-7(12)5-8(13)10(6)14-9/h2-5H,1H3. The highest BCUT2D eigenvalue weighted by atomic mass is 79.9. The van der Waals surface area contributed by atoms with Crippen LogP contribution in [0.3, 0.4) is 0 Å². The third kappa shape index (κ3) is 2.03. The summed E-state index contributed by atoms with van der Waals surface area (Å²) in [5.74, 6) is -0.471. The first-order valence-corrected chi connectivity index (χ1v) is 5.63. The van der Waals surface area contributed by atoms with Gasteiger partial charge in [0, 0.05) is 9.86 Å². The Bertz CT molecular complexity index is 571. The van der Waals surface area contributed by atoms with E-state index in [0.717, 1.165) is 9.86 Å². The number of methoxy groups -OCH3 is 1. The van der Waals surface area contributed by atoms with E-state index in [1.165, 1.54) is 7.11 Å². The van der Waals surface area contributed by atoms with Crippen LogP contribution in [0.25, 0.3) is 10.9 Å². The SMILES string of the molecule is COC(=O)c1ccc2cc(Br)cc(Cl)c2n1. The third-order valence-corrected chi connectivity index (χ3v) is 2.85. The minimum absolute atomic E-state index is 0.249. The van der Waals surface area contributed by atoms with Crippen LogP contribution in [0, 0.1) is 0 Å². The van der Waals surface area contributed by atoms with Crippen molar-refractivity contribution in [1.29, 1.82) is 0 Å². The third-order valence-electron chi connectivity index (χ3n) is 2.11. The molecule has 0 atom stereocenters. The molecule has 0 bridgehead atoms. The molecule has 0 saturated heterocycles. The zero-order chi connectivity index (χ0) is 11.7. The maximum Gasteiger partial charge on any atom is 0.356 e. The molecule has 0 aliphatic rings. The maximum atomic E-state index is 11.3. The number of hydrogen-bond acceptors (Lipinski definition) is 3. The molecule has 0 saturated carbocycles. The van der Waals surface area contributed by atoms with Crippen LogP contribution >= 0.6 is 27.5 Å². The van der Waals surface area contributed by atoms with E-state index >= 15 is 0 Å². The van der Waals surface area contributed by atoms with Crippen LogP contribution in [0.5, 0.6) is 0 Å². The Morgan fingerprint density at radius 2 is 2.19 bits per heavy atom. The molecule has 0 aliphatic heterocycles. The summed E-state index contributed by atoms with van der Waals surface area (Å²) in [6.45, 7) is 0. The van der Waals surface area contributed by atoms with Crippen molar-refractivity contribution in [2.24, 2.45) is 0 Å². The Morgan fingerprint density at radius 1 is 1.44 bits per heavy atom. The van der Waals surface area contributed by atoms with Gasteiger partial charge in [0.15, 0.2) is 0 Å². The summed E-state index contributed by atoms with van der Waals surface area (Å²) in [6, 6.07) is 7.01. The molecule has 0 amide bonds. The summed E-state index contributed by atoms with van der Waals surface area (Å²) in [6.07, 6.45) is 0. The van der Waals surface area contributed by atoms with E-state index in [-0.39, 0.29) is 5.69 Å². The highest BCUT2D eigenvalue weighted by Gasteiger charge is 2.10. The van der Waals surface area contributed by atoms with Gasteiger partial charge in [-0.1, -0.05) is 33.6 Å². The van der Waals surface area contributed by atoms with Gasteiger partial charge in [-0.3, -0.25) is 0 Å². The number of pyridine rings is 1. The molecular weight excluding hydrogens is 293 g/mol. The first kappa shape index (κ1) is 11.4. The molecule has 3 nitrogen and oxygen atoms in total. The Kier molecular flexibility index (Phi) is 3.12. The van der Waals surface area contributed by atoms with Crippen LogP contribution in [-0.2, 0) is 4.74 Å². The van der Waals surface area contributed by atoms with Crippen molar-refractivity contribution in [3.63, 3.8) is 0 Å². The number of nitrogens with zero attached hydrogens (tertiary/aromatic N) is 1. The van der Waals surface area contributed by atoms with Gasteiger partial charge in [-0.25, -0.2) is 9.78 Å². The van der Waals surface area contributed by atoms with Crippen molar-refractivity contribution in [2.75, 3.05) is 7.11 Å². The minimum atomic E-state index is -0.471. The van der Waals surface area contributed by atoms with Crippen LogP contribution in [-0.4, -0.2) is 18.1 Å². The Balaban J connectivity index is 2.66. The average Bonchev–Trinajstić information content (AvgIpc) is 2.27. The lowest BCUT2D eigenvalue weighted by Crippen LogP contribution is -2.03. The Morgan fingerprint density at radius 3 is 2.88 bits per heavy atom. The highest BCUT2D eigenvalue weighted by Crippen LogP contribution is 2.26. The van der Waals surface area contributed by atoms with E-state index in [4.69, 9.17) is 11.6 Å². The van der Waals surface area contributed by atoms with Crippen molar-refractivity contribution >= 4 is 44.4 Å². The number of carbonyl (C=O) groups is 1. The number of rotatable bonds is 1. The fourth-order valence-electron chi connectivity index (χ4n) is 1.38. The summed E-state index contributed by atoms with van der Waals surface area (Å²) in [5, 5.41) is 1.36. The van der Waals surface area contributed by atoms with Gasteiger partial charge in [0.2, 0.25) is 0 Å². The maximum absolute atomic E-state index is 11.3. The molecule has 82 valence electrons. The van der Waals surface area contributed by atoms with Gasteiger partial charge < -0.3 is 4.74 Å². The van der Waals surface area contributed by atoms with Crippen LogP contribution in [0.1, 0.15) is 10.5 Å². The topological polar surface area (TPSA) is 39.2 Å². The Labute approximate surface area is 106 Å². The number of halogens is 2. The number of esters is 1. The summed E-state index contributed by atoms with van der Waals surface area (Å²) < 4.78 is 5.47. The van der Waals surface area contributed by atoms with Gasteiger partial charge in [0.25, 0.3) is 0 Å². The number of fused-ring (bicyclic) bond motifs is 1. The van der Waals surface area contributed by atoms with E-state index in [0.29, 0.717) is 10.5 Å². The van der Waals surface area contributed by atoms with Crippen LogP contribution in [0.2, 0.25) is 5.02 Å². The van der Waals surface area contributed by atoms with E-state index < -0.39 is 5.97 Å². The van der Waals surface area contributed by atoms with E-state index in [9.17, 15) is 4.79 Å². The van der Waals surface area contributed by atoms with Gasteiger partial charge in [-0.15, -0.1) is 0 Å². The van der Waals surface area contributed by atoms with Gasteiger partial charge in [0.05, 0.1) is 17.6 Å². The lowest BCUT2D eigenvalue weighted by Gasteiger charge is -2.03. The molecule has 0 unspecified atom stereocenters. The predicted molar refractivity (Wildman–Crippen MR) is 65.8 cm³/mol. The number of aromatic nitrogens is 1. The quantitative estimate of drug-likeness (QED) is 0.757. The van der Waals surface area contributed by atoms with Crippen LogP contribution in [0.4, 0.5) is 0 Å². The lowest BCUT2D eigenvalue weighted by atomic mass is 10.2. The molecule has 2 aromatic rings. The number of hydrogen-bond donors (Lipinski definition) is 0. The molecule has 0 aliphatic carbocycles. The molecule has 1 heterocycles. The normalized spacial score (nSPS) is 10.4. The molecule has 5 heteroatoms. The van der Waals surface area contributed by atoms with E-state index in [1.54, 1.807) is 18.2 Å². The van der Waals surface area contributed by atoms with Crippen LogP contribution in [0.15, 0.2) is 28.7 Å². The number of benzene rings is 1.